The Morgan fingerprint density at radius 3 is 2.29 bits per heavy atom. The number of carbonyl (C=O) groups is 2. The van der Waals surface area contributed by atoms with E-state index in [-0.39, 0.29) is 11.9 Å². The average molecular weight is 419 g/mol. The van der Waals surface area contributed by atoms with E-state index >= 15 is 0 Å². The molecule has 28 heavy (non-hydrogen) atoms. The van der Waals surface area contributed by atoms with Gasteiger partial charge in [0.1, 0.15) is 6.04 Å². The van der Waals surface area contributed by atoms with Gasteiger partial charge in [0.05, 0.1) is 12.7 Å². The highest BCUT2D eigenvalue weighted by atomic mass is 35.5. The number of methoxy groups -OCH3 is 1. The van der Waals surface area contributed by atoms with Gasteiger partial charge >= 0.3 is 5.97 Å². The Balaban J connectivity index is 1.73. The molecule has 1 aliphatic rings. The van der Waals surface area contributed by atoms with Crippen molar-refractivity contribution < 1.29 is 14.3 Å². The van der Waals surface area contributed by atoms with Crippen molar-refractivity contribution in [2.75, 3.05) is 39.5 Å². The Morgan fingerprint density at radius 2 is 1.68 bits per heavy atom. The van der Waals surface area contributed by atoms with E-state index in [2.05, 4.69) is 4.90 Å². The molecule has 1 amide bonds. The molecule has 1 atom stereocenters. The van der Waals surface area contributed by atoms with Crippen LogP contribution >= 0.6 is 23.4 Å². The number of hydrogen-bond acceptors (Lipinski definition) is 5. The number of rotatable bonds is 5. The molecule has 0 unspecified atom stereocenters. The molecule has 0 N–H and O–H groups in total. The van der Waals surface area contributed by atoms with E-state index in [9.17, 15) is 9.59 Å². The number of thioether (sulfide) groups is 1. The summed E-state index contributed by atoms with van der Waals surface area (Å²) in [7, 11) is 1.39. The standard InChI is InChI=1S/C21H23ClN2O3S/c1-27-21(26)19(15-7-9-16(22)10-8-15)23-11-13-24(14-12-23)20(25)17-5-3-4-6-18(17)28-2/h3-10,19H,11-14H2,1-2H3/t19-/m1/s1. The highest BCUT2D eigenvalue weighted by Crippen LogP contribution is 2.26. The fraction of sp³-hybridized carbons (Fsp3) is 0.333. The maximum Gasteiger partial charge on any atom is 0.327 e. The number of carbonyl (C=O) groups excluding carboxylic acids is 2. The van der Waals surface area contributed by atoms with Crippen LogP contribution in [-0.4, -0.2) is 61.2 Å². The second-order valence-electron chi connectivity index (χ2n) is 6.51. The first-order valence-corrected chi connectivity index (χ1v) is 10.6. The van der Waals surface area contributed by atoms with Crippen molar-refractivity contribution in [3.05, 3.63) is 64.7 Å². The Kier molecular flexibility index (Phi) is 6.99. The third kappa shape index (κ3) is 4.51. The fourth-order valence-electron chi connectivity index (χ4n) is 3.43. The first-order chi connectivity index (χ1) is 13.5. The third-order valence-corrected chi connectivity index (χ3v) is 5.96. The highest BCUT2D eigenvalue weighted by Gasteiger charge is 2.32. The van der Waals surface area contributed by atoms with Gasteiger partial charge in [-0.1, -0.05) is 35.9 Å². The third-order valence-electron chi connectivity index (χ3n) is 4.91. The van der Waals surface area contributed by atoms with Crippen LogP contribution in [0.2, 0.25) is 5.02 Å². The van der Waals surface area contributed by atoms with Gasteiger partial charge in [0.25, 0.3) is 5.91 Å². The van der Waals surface area contributed by atoms with Gasteiger partial charge in [-0.15, -0.1) is 11.8 Å². The van der Waals surface area contributed by atoms with Gasteiger partial charge in [0, 0.05) is 36.1 Å². The molecule has 2 aromatic rings. The van der Waals surface area contributed by atoms with Gasteiger partial charge in [0.15, 0.2) is 0 Å². The molecule has 1 aliphatic heterocycles. The molecule has 0 aromatic heterocycles. The Hall–Kier alpha value is -2.02. The summed E-state index contributed by atoms with van der Waals surface area (Å²) < 4.78 is 5.03. The summed E-state index contributed by atoms with van der Waals surface area (Å²) in [5.41, 5.74) is 1.56. The molecular weight excluding hydrogens is 396 g/mol. The Bertz CT molecular complexity index is 836. The summed E-state index contributed by atoms with van der Waals surface area (Å²) in [4.78, 5) is 30.3. The molecule has 2 aromatic carbocycles. The number of ether oxygens (including phenoxy) is 1. The van der Waals surface area contributed by atoms with Crippen LogP contribution in [0, 0.1) is 0 Å². The first kappa shape index (κ1) is 20.7. The molecule has 0 spiro atoms. The topological polar surface area (TPSA) is 49.9 Å². The van der Waals surface area contributed by atoms with Crippen LogP contribution in [-0.2, 0) is 9.53 Å². The number of esters is 1. The smallest absolute Gasteiger partial charge is 0.327 e. The lowest BCUT2D eigenvalue weighted by Gasteiger charge is -2.38. The lowest BCUT2D eigenvalue weighted by Crippen LogP contribution is -2.51. The van der Waals surface area contributed by atoms with Crippen LogP contribution in [0.1, 0.15) is 22.0 Å². The molecule has 0 radical (unpaired) electrons. The Morgan fingerprint density at radius 1 is 1.04 bits per heavy atom. The van der Waals surface area contributed by atoms with E-state index < -0.39 is 6.04 Å². The van der Waals surface area contributed by atoms with E-state index in [0.717, 1.165) is 16.0 Å². The summed E-state index contributed by atoms with van der Waals surface area (Å²) in [6.45, 7) is 2.30. The number of benzene rings is 2. The first-order valence-electron chi connectivity index (χ1n) is 9.04. The van der Waals surface area contributed by atoms with E-state index in [1.54, 1.807) is 23.9 Å². The minimum atomic E-state index is -0.502. The number of piperazine rings is 1. The van der Waals surface area contributed by atoms with Gasteiger partial charge in [-0.3, -0.25) is 9.69 Å². The van der Waals surface area contributed by atoms with Crippen LogP contribution in [0.3, 0.4) is 0 Å². The van der Waals surface area contributed by atoms with Gasteiger partial charge in [-0.25, -0.2) is 4.79 Å². The molecule has 5 nitrogen and oxygen atoms in total. The van der Waals surface area contributed by atoms with Gasteiger partial charge in [-0.05, 0) is 36.1 Å². The normalized spacial score (nSPS) is 15.9. The van der Waals surface area contributed by atoms with E-state index in [1.807, 2.05) is 47.6 Å². The molecule has 0 bridgehead atoms. The van der Waals surface area contributed by atoms with Crippen molar-refractivity contribution in [3.8, 4) is 0 Å². The molecule has 0 saturated carbocycles. The van der Waals surface area contributed by atoms with Gasteiger partial charge in [-0.2, -0.15) is 0 Å². The van der Waals surface area contributed by atoms with Crippen LogP contribution in [0.25, 0.3) is 0 Å². The number of halogens is 1. The largest absolute Gasteiger partial charge is 0.468 e. The van der Waals surface area contributed by atoms with Crippen LogP contribution in [0.15, 0.2) is 53.4 Å². The zero-order valence-electron chi connectivity index (χ0n) is 15.9. The quantitative estimate of drug-likeness (QED) is 0.547. The maximum absolute atomic E-state index is 12.9. The van der Waals surface area contributed by atoms with Crippen LogP contribution < -0.4 is 0 Å². The van der Waals surface area contributed by atoms with Crippen LogP contribution in [0.4, 0.5) is 0 Å². The molecular formula is C21H23ClN2O3S. The lowest BCUT2D eigenvalue weighted by atomic mass is 10.0. The van der Waals surface area contributed by atoms with E-state index in [4.69, 9.17) is 16.3 Å². The second kappa shape index (κ2) is 9.45. The predicted molar refractivity (Wildman–Crippen MR) is 112 cm³/mol. The Labute approximate surface area is 174 Å². The molecule has 0 aliphatic carbocycles. The van der Waals surface area contributed by atoms with Crippen LogP contribution in [0.5, 0.6) is 0 Å². The lowest BCUT2D eigenvalue weighted by molar-refractivity contribution is -0.148. The number of amides is 1. The zero-order chi connectivity index (χ0) is 20.1. The summed E-state index contributed by atoms with van der Waals surface area (Å²) >= 11 is 7.55. The molecule has 1 heterocycles. The maximum atomic E-state index is 12.9. The average Bonchev–Trinajstić information content (AvgIpc) is 2.75. The van der Waals surface area contributed by atoms with Crippen molar-refractivity contribution in [1.29, 1.82) is 0 Å². The van der Waals surface area contributed by atoms with Crippen molar-refractivity contribution in [2.45, 2.75) is 10.9 Å². The van der Waals surface area contributed by atoms with Crippen molar-refractivity contribution in [1.82, 2.24) is 9.80 Å². The van der Waals surface area contributed by atoms with Crippen molar-refractivity contribution in [2.24, 2.45) is 0 Å². The fourth-order valence-corrected chi connectivity index (χ4v) is 4.14. The molecule has 7 heteroatoms. The van der Waals surface area contributed by atoms with E-state index in [1.165, 1.54) is 7.11 Å². The van der Waals surface area contributed by atoms with Crippen molar-refractivity contribution >= 4 is 35.2 Å². The van der Waals surface area contributed by atoms with E-state index in [0.29, 0.717) is 31.2 Å². The summed E-state index contributed by atoms with van der Waals surface area (Å²) in [5.74, 6) is -0.277. The highest BCUT2D eigenvalue weighted by molar-refractivity contribution is 7.98. The van der Waals surface area contributed by atoms with Gasteiger partial charge in [0.2, 0.25) is 0 Å². The predicted octanol–water partition coefficient (Wildman–Crippen LogP) is 3.73. The molecule has 1 saturated heterocycles. The molecule has 1 fully saturated rings. The van der Waals surface area contributed by atoms with Crippen molar-refractivity contribution in [3.63, 3.8) is 0 Å². The summed E-state index contributed by atoms with van der Waals surface area (Å²) in [6.07, 6.45) is 1.97. The molecule has 148 valence electrons. The molecule has 3 rings (SSSR count). The van der Waals surface area contributed by atoms with Gasteiger partial charge < -0.3 is 9.64 Å². The monoisotopic (exact) mass is 418 g/mol. The summed E-state index contributed by atoms with van der Waals surface area (Å²) in [5, 5.41) is 0.621. The number of hydrogen-bond donors (Lipinski definition) is 0. The SMILES string of the molecule is COC(=O)[C@@H](c1ccc(Cl)cc1)N1CCN(C(=O)c2ccccc2SC)CC1. The minimum absolute atomic E-state index is 0.0331. The minimum Gasteiger partial charge on any atom is -0.468 e. The number of nitrogens with zero attached hydrogens (tertiary/aromatic N) is 2. The summed E-state index contributed by atoms with van der Waals surface area (Å²) in [6, 6.07) is 14.4. The zero-order valence-corrected chi connectivity index (χ0v) is 17.5. The second-order valence-corrected chi connectivity index (χ2v) is 7.79.